The van der Waals surface area contributed by atoms with Gasteiger partial charge in [0.25, 0.3) is 0 Å². The molecule has 0 bridgehead atoms. The molecule has 0 aliphatic rings. The zero-order chi connectivity index (χ0) is 14.5. The number of rotatable bonds is 10. The minimum absolute atomic E-state index is 0.483. The highest BCUT2D eigenvalue weighted by Gasteiger charge is 2.14. The lowest BCUT2D eigenvalue weighted by Crippen LogP contribution is -2.42. The van der Waals surface area contributed by atoms with Gasteiger partial charge in [-0.2, -0.15) is 0 Å². The fraction of sp³-hybridized carbons (Fsp3) is 0.867. The van der Waals surface area contributed by atoms with Crippen molar-refractivity contribution in [2.24, 2.45) is 5.92 Å². The van der Waals surface area contributed by atoms with Crippen molar-refractivity contribution in [3.05, 3.63) is 0 Å². The van der Waals surface area contributed by atoms with Gasteiger partial charge in [0.15, 0.2) is 0 Å². The summed E-state index contributed by atoms with van der Waals surface area (Å²) in [7, 11) is 0. The van der Waals surface area contributed by atoms with Crippen LogP contribution in [0.15, 0.2) is 0 Å². The van der Waals surface area contributed by atoms with Crippen LogP contribution in [0.5, 0.6) is 0 Å². The van der Waals surface area contributed by atoms with Gasteiger partial charge in [-0.05, 0) is 18.8 Å². The van der Waals surface area contributed by atoms with E-state index in [-0.39, 0.29) is 0 Å². The Morgan fingerprint density at radius 2 is 1.53 bits per heavy atom. The van der Waals surface area contributed by atoms with Crippen LogP contribution in [-0.4, -0.2) is 24.9 Å². The van der Waals surface area contributed by atoms with E-state index in [1.165, 1.54) is 12.8 Å². The first kappa shape index (κ1) is 17.9. The number of carbonyl (C=O) groups excluding carboxylic acids is 2. The van der Waals surface area contributed by atoms with E-state index in [4.69, 9.17) is 0 Å². The first-order chi connectivity index (χ1) is 9.15. The third-order valence-electron chi connectivity index (χ3n) is 3.37. The summed E-state index contributed by atoms with van der Waals surface area (Å²) >= 11 is 0. The zero-order valence-electron chi connectivity index (χ0n) is 12.8. The Morgan fingerprint density at radius 1 is 0.895 bits per heavy atom. The van der Waals surface area contributed by atoms with Crippen LogP contribution in [0.3, 0.4) is 0 Å². The number of hydrogen-bond donors (Lipinski definition) is 2. The number of amides is 2. The molecule has 0 unspecified atom stereocenters. The van der Waals surface area contributed by atoms with E-state index < -0.39 is 11.8 Å². The summed E-state index contributed by atoms with van der Waals surface area (Å²) in [6, 6.07) is 0. The van der Waals surface area contributed by atoms with Gasteiger partial charge >= 0.3 is 11.8 Å². The van der Waals surface area contributed by atoms with Crippen molar-refractivity contribution in [3.8, 4) is 0 Å². The quantitative estimate of drug-likeness (QED) is 0.473. The molecule has 0 spiro atoms. The molecule has 0 fully saturated rings. The zero-order valence-corrected chi connectivity index (χ0v) is 12.8. The maximum atomic E-state index is 11.6. The van der Waals surface area contributed by atoms with Crippen LogP contribution in [0.1, 0.15) is 65.7 Å². The van der Waals surface area contributed by atoms with Crippen molar-refractivity contribution < 1.29 is 9.59 Å². The lowest BCUT2D eigenvalue weighted by atomic mass is 9.99. The van der Waals surface area contributed by atoms with Gasteiger partial charge in [0.2, 0.25) is 0 Å². The van der Waals surface area contributed by atoms with Gasteiger partial charge in [0, 0.05) is 13.1 Å². The molecule has 0 radical (unpaired) electrons. The molecule has 112 valence electrons. The Labute approximate surface area is 117 Å². The summed E-state index contributed by atoms with van der Waals surface area (Å²) in [6.07, 6.45) is 7.63. The summed E-state index contributed by atoms with van der Waals surface area (Å²) in [5.41, 5.74) is 0. The third kappa shape index (κ3) is 9.51. The molecule has 0 heterocycles. The third-order valence-corrected chi connectivity index (χ3v) is 3.37. The lowest BCUT2D eigenvalue weighted by Gasteiger charge is -2.15. The summed E-state index contributed by atoms with van der Waals surface area (Å²) in [5, 5.41) is 5.38. The fourth-order valence-corrected chi connectivity index (χ4v) is 1.92. The molecule has 0 aromatic carbocycles. The molecule has 0 aliphatic carbocycles. The Kier molecular flexibility index (Phi) is 11.3. The number of nitrogens with one attached hydrogen (secondary N) is 2. The normalized spacial score (nSPS) is 11.9. The summed E-state index contributed by atoms with van der Waals surface area (Å²) in [6.45, 7) is 7.59. The van der Waals surface area contributed by atoms with Crippen molar-refractivity contribution in [2.75, 3.05) is 13.1 Å². The molecule has 0 rings (SSSR count). The second kappa shape index (κ2) is 12.0. The lowest BCUT2D eigenvalue weighted by molar-refractivity contribution is -0.139. The van der Waals surface area contributed by atoms with Gasteiger partial charge in [0.1, 0.15) is 0 Å². The molecule has 19 heavy (non-hydrogen) atoms. The van der Waals surface area contributed by atoms with Gasteiger partial charge in [-0.1, -0.05) is 52.9 Å². The molecule has 0 aromatic heterocycles. The number of carbonyl (C=O) groups is 2. The molecule has 1 atom stereocenters. The van der Waals surface area contributed by atoms with Gasteiger partial charge in [-0.3, -0.25) is 9.59 Å². The maximum Gasteiger partial charge on any atom is 0.309 e. The Balaban J connectivity index is 3.78. The first-order valence-corrected chi connectivity index (χ1v) is 7.71. The molecular formula is C15H30N2O2. The second-order valence-corrected chi connectivity index (χ2v) is 5.09. The molecule has 2 N–H and O–H groups in total. The summed E-state index contributed by atoms with van der Waals surface area (Å²) < 4.78 is 0. The van der Waals surface area contributed by atoms with Gasteiger partial charge in [0.05, 0.1) is 0 Å². The largest absolute Gasteiger partial charge is 0.348 e. The predicted octanol–water partition coefficient (Wildman–Crippen LogP) is 2.63. The highest BCUT2D eigenvalue weighted by atomic mass is 16.2. The first-order valence-electron chi connectivity index (χ1n) is 7.71. The number of unbranched alkanes of at least 4 members (excludes halogenated alkanes) is 3. The predicted molar refractivity (Wildman–Crippen MR) is 78.9 cm³/mol. The molecule has 0 aromatic rings. The monoisotopic (exact) mass is 270 g/mol. The van der Waals surface area contributed by atoms with E-state index in [1.807, 2.05) is 0 Å². The van der Waals surface area contributed by atoms with Crippen molar-refractivity contribution >= 4 is 11.8 Å². The van der Waals surface area contributed by atoms with Crippen LogP contribution in [0.4, 0.5) is 0 Å². The van der Waals surface area contributed by atoms with Crippen molar-refractivity contribution in [3.63, 3.8) is 0 Å². The van der Waals surface area contributed by atoms with Crippen molar-refractivity contribution in [1.29, 1.82) is 0 Å². The van der Waals surface area contributed by atoms with E-state index >= 15 is 0 Å². The van der Waals surface area contributed by atoms with E-state index in [1.54, 1.807) is 0 Å². The molecule has 0 saturated carbocycles. The van der Waals surface area contributed by atoms with Crippen LogP contribution in [0, 0.1) is 5.92 Å². The van der Waals surface area contributed by atoms with E-state index in [2.05, 4.69) is 31.4 Å². The van der Waals surface area contributed by atoms with Crippen LogP contribution in [0.2, 0.25) is 0 Å². The molecule has 4 nitrogen and oxygen atoms in total. The summed E-state index contributed by atoms with van der Waals surface area (Å²) in [4.78, 5) is 23.1. The van der Waals surface area contributed by atoms with E-state index in [9.17, 15) is 9.59 Å². The number of hydrogen-bond acceptors (Lipinski definition) is 2. The minimum atomic E-state index is -0.499. The van der Waals surface area contributed by atoms with Crippen molar-refractivity contribution in [1.82, 2.24) is 10.6 Å². The van der Waals surface area contributed by atoms with Crippen LogP contribution in [0.25, 0.3) is 0 Å². The van der Waals surface area contributed by atoms with E-state index in [0.717, 1.165) is 32.1 Å². The van der Waals surface area contributed by atoms with Crippen molar-refractivity contribution in [2.45, 2.75) is 65.7 Å². The topological polar surface area (TPSA) is 58.2 Å². The van der Waals surface area contributed by atoms with Gasteiger partial charge in [-0.15, -0.1) is 0 Å². The Bertz CT molecular complexity index is 255. The van der Waals surface area contributed by atoms with E-state index in [0.29, 0.717) is 19.0 Å². The van der Waals surface area contributed by atoms with Gasteiger partial charge < -0.3 is 10.6 Å². The molecule has 4 heteroatoms. The average molecular weight is 270 g/mol. The highest BCUT2D eigenvalue weighted by Crippen LogP contribution is 2.10. The minimum Gasteiger partial charge on any atom is -0.348 e. The smallest absolute Gasteiger partial charge is 0.309 e. The second-order valence-electron chi connectivity index (χ2n) is 5.09. The molecular weight excluding hydrogens is 240 g/mol. The highest BCUT2D eigenvalue weighted by molar-refractivity contribution is 6.35. The van der Waals surface area contributed by atoms with Gasteiger partial charge in [-0.25, -0.2) is 0 Å². The average Bonchev–Trinajstić information content (AvgIpc) is 2.43. The maximum absolute atomic E-state index is 11.6. The SMILES string of the molecule is CCCCCNC(=O)C(=O)NC[C@H](CC)CCCC. The molecule has 0 aliphatic heterocycles. The van der Waals surface area contributed by atoms with Crippen LogP contribution in [-0.2, 0) is 9.59 Å². The van der Waals surface area contributed by atoms with Crippen LogP contribution >= 0.6 is 0 Å². The van der Waals surface area contributed by atoms with Crippen LogP contribution < -0.4 is 10.6 Å². The molecule has 0 saturated heterocycles. The summed E-state index contributed by atoms with van der Waals surface area (Å²) in [5.74, 6) is -0.510. The molecule has 2 amide bonds. The Morgan fingerprint density at radius 3 is 2.11 bits per heavy atom. The Hall–Kier alpha value is -1.06. The fourth-order valence-electron chi connectivity index (χ4n) is 1.92. The standard InChI is InChI=1S/C15H30N2O2/c1-4-7-9-11-16-14(18)15(19)17-12-13(6-3)10-8-5-2/h13H,4-12H2,1-3H3,(H,16,18)(H,17,19)/t13-/m1/s1.